The molecule has 98 valence electrons. The third kappa shape index (κ3) is 3.01. The minimum absolute atomic E-state index is 0.0262. The highest BCUT2D eigenvalue weighted by Crippen LogP contribution is 2.31. The quantitative estimate of drug-likeness (QED) is 0.752. The van der Waals surface area contributed by atoms with Gasteiger partial charge in [0.15, 0.2) is 0 Å². The molecule has 2 fully saturated rings. The number of esters is 1. The van der Waals surface area contributed by atoms with E-state index in [9.17, 15) is 4.79 Å². The summed E-state index contributed by atoms with van der Waals surface area (Å²) < 4.78 is 5.66. The predicted octanol–water partition coefficient (Wildman–Crippen LogP) is 2.35. The Kier molecular flexibility index (Phi) is 4.08. The molecule has 0 aromatic carbocycles. The Morgan fingerprint density at radius 1 is 1.06 bits per heavy atom. The van der Waals surface area contributed by atoms with Gasteiger partial charge in [-0.15, -0.1) is 0 Å². The highest BCUT2D eigenvalue weighted by atomic mass is 16.5. The molecule has 5 unspecified atom stereocenters. The van der Waals surface area contributed by atoms with E-state index >= 15 is 0 Å². The molecule has 0 aromatic rings. The summed E-state index contributed by atoms with van der Waals surface area (Å²) in [5, 5.41) is 3.24. The first-order valence-corrected chi connectivity index (χ1v) is 7.01. The van der Waals surface area contributed by atoms with E-state index in [1.807, 2.05) is 0 Å². The Morgan fingerprint density at radius 2 is 1.82 bits per heavy atom. The minimum Gasteiger partial charge on any atom is -0.461 e. The number of hydrogen-bond acceptors (Lipinski definition) is 3. The SMILES string of the molecule is CC1CCC(OC(=O)C2NCCC2C)CC1C. The minimum atomic E-state index is -0.0651. The number of rotatable bonds is 2. The second-order valence-electron chi connectivity index (χ2n) is 6.02. The van der Waals surface area contributed by atoms with Crippen molar-refractivity contribution in [1.29, 1.82) is 0 Å². The van der Waals surface area contributed by atoms with Crippen molar-refractivity contribution in [3.63, 3.8) is 0 Å². The first kappa shape index (κ1) is 12.9. The van der Waals surface area contributed by atoms with Crippen LogP contribution in [0.1, 0.15) is 46.5 Å². The van der Waals surface area contributed by atoms with E-state index in [2.05, 4.69) is 26.1 Å². The van der Waals surface area contributed by atoms with Crippen molar-refractivity contribution >= 4 is 5.97 Å². The standard InChI is InChI=1S/C14H25NO2/c1-9-4-5-12(8-11(9)3)17-14(16)13-10(2)6-7-15-13/h9-13,15H,4-8H2,1-3H3. The van der Waals surface area contributed by atoms with E-state index in [4.69, 9.17) is 4.74 Å². The van der Waals surface area contributed by atoms with Crippen LogP contribution in [0.15, 0.2) is 0 Å². The fourth-order valence-corrected chi connectivity index (χ4v) is 2.99. The van der Waals surface area contributed by atoms with Crippen LogP contribution in [0.25, 0.3) is 0 Å². The molecule has 1 saturated heterocycles. The molecular weight excluding hydrogens is 214 g/mol. The maximum atomic E-state index is 12.0. The molecule has 3 nitrogen and oxygen atoms in total. The molecule has 3 heteroatoms. The highest BCUT2D eigenvalue weighted by Gasteiger charge is 2.34. The van der Waals surface area contributed by atoms with Gasteiger partial charge in [0.25, 0.3) is 0 Å². The number of carbonyl (C=O) groups excluding carboxylic acids is 1. The molecule has 0 amide bonds. The Balaban J connectivity index is 1.82. The third-order valence-electron chi connectivity index (χ3n) is 4.62. The summed E-state index contributed by atoms with van der Waals surface area (Å²) in [6.07, 6.45) is 4.50. The lowest BCUT2D eigenvalue weighted by molar-refractivity contribution is -0.155. The Hall–Kier alpha value is -0.570. The van der Waals surface area contributed by atoms with Crippen LogP contribution in [0.4, 0.5) is 0 Å². The van der Waals surface area contributed by atoms with Gasteiger partial charge in [-0.1, -0.05) is 20.8 Å². The first-order valence-electron chi connectivity index (χ1n) is 7.01. The van der Waals surface area contributed by atoms with E-state index < -0.39 is 0 Å². The van der Waals surface area contributed by atoms with Crippen LogP contribution >= 0.6 is 0 Å². The molecular formula is C14H25NO2. The highest BCUT2D eigenvalue weighted by molar-refractivity contribution is 5.76. The zero-order chi connectivity index (χ0) is 12.4. The summed E-state index contributed by atoms with van der Waals surface area (Å²) in [6.45, 7) is 7.63. The maximum absolute atomic E-state index is 12.0. The van der Waals surface area contributed by atoms with Gasteiger partial charge in [-0.05, 0) is 50.0 Å². The third-order valence-corrected chi connectivity index (χ3v) is 4.62. The lowest BCUT2D eigenvalue weighted by atomic mass is 9.80. The van der Waals surface area contributed by atoms with Crippen LogP contribution in [0.2, 0.25) is 0 Å². The van der Waals surface area contributed by atoms with E-state index in [-0.39, 0.29) is 18.1 Å². The van der Waals surface area contributed by atoms with E-state index in [0.29, 0.717) is 11.8 Å². The van der Waals surface area contributed by atoms with Gasteiger partial charge in [-0.2, -0.15) is 0 Å². The van der Waals surface area contributed by atoms with E-state index in [0.717, 1.165) is 31.7 Å². The average Bonchev–Trinajstić information content (AvgIpc) is 2.70. The van der Waals surface area contributed by atoms with Crippen LogP contribution in [0.5, 0.6) is 0 Å². The van der Waals surface area contributed by atoms with Crippen molar-refractivity contribution in [3.8, 4) is 0 Å². The summed E-state index contributed by atoms with van der Waals surface area (Å²) in [4.78, 5) is 12.0. The summed E-state index contributed by atoms with van der Waals surface area (Å²) in [7, 11) is 0. The van der Waals surface area contributed by atoms with Gasteiger partial charge in [-0.25, -0.2) is 0 Å². The first-order chi connectivity index (χ1) is 8.08. The van der Waals surface area contributed by atoms with Crippen LogP contribution in [0.3, 0.4) is 0 Å². The molecule has 1 aliphatic heterocycles. The molecule has 0 aromatic heterocycles. The van der Waals surface area contributed by atoms with Crippen molar-refractivity contribution in [2.24, 2.45) is 17.8 Å². The van der Waals surface area contributed by atoms with Crippen molar-refractivity contribution < 1.29 is 9.53 Å². The monoisotopic (exact) mass is 239 g/mol. The van der Waals surface area contributed by atoms with Crippen LogP contribution < -0.4 is 5.32 Å². The summed E-state index contributed by atoms with van der Waals surface area (Å²) in [5.41, 5.74) is 0. The van der Waals surface area contributed by atoms with Crippen molar-refractivity contribution in [1.82, 2.24) is 5.32 Å². The Morgan fingerprint density at radius 3 is 2.41 bits per heavy atom. The van der Waals surface area contributed by atoms with Gasteiger partial charge >= 0.3 is 5.97 Å². The fraction of sp³-hybridized carbons (Fsp3) is 0.929. The lowest BCUT2D eigenvalue weighted by Gasteiger charge is -2.32. The normalized spacial score (nSPS) is 42.4. The average molecular weight is 239 g/mol. The molecule has 0 radical (unpaired) electrons. The zero-order valence-corrected chi connectivity index (χ0v) is 11.2. The largest absolute Gasteiger partial charge is 0.461 e. The second kappa shape index (κ2) is 5.38. The van der Waals surface area contributed by atoms with Gasteiger partial charge < -0.3 is 10.1 Å². The number of ether oxygens (including phenoxy) is 1. The summed E-state index contributed by atoms with van der Waals surface area (Å²) in [6, 6.07) is -0.0651. The van der Waals surface area contributed by atoms with Crippen LogP contribution in [0, 0.1) is 17.8 Å². The molecule has 2 aliphatic rings. The topological polar surface area (TPSA) is 38.3 Å². The molecule has 17 heavy (non-hydrogen) atoms. The maximum Gasteiger partial charge on any atom is 0.323 e. The molecule has 5 atom stereocenters. The number of nitrogens with one attached hydrogen (secondary N) is 1. The number of carbonyl (C=O) groups is 1. The molecule has 0 bridgehead atoms. The van der Waals surface area contributed by atoms with Gasteiger partial charge in [0.1, 0.15) is 12.1 Å². The molecule has 2 rings (SSSR count). The second-order valence-corrected chi connectivity index (χ2v) is 6.02. The smallest absolute Gasteiger partial charge is 0.323 e. The Bertz CT molecular complexity index is 279. The van der Waals surface area contributed by atoms with Crippen LogP contribution in [-0.4, -0.2) is 24.7 Å². The number of hydrogen-bond donors (Lipinski definition) is 1. The van der Waals surface area contributed by atoms with Gasteiger partial charge in [0.2, 0.25) is 0 Å². The van der Waals surface area contributed by atoms with Crippen molar-refractivity contribution in [3.05, 3.63) is 0 Å². The summed E-state index contributed by atoms with van der Waals surface area (Å²) >= 11 is 0. The van der Waals surface area contributed by atoms with E-state index in [1.165, 1.54) is 6.42 Å². The molecule has 1 N–H and O–H groups in total. The molecule has 1 heterocycles. The molecule has 1 saturated carbocycles. The zero-order valence-electron chi connectivity index (χ0n) is 11.2. The summed E-state index contributed by atoms with van der Waals surface area (Å²) in [5.74, 6) is 1.84. The molecule has 1 aliphatic carbocycles. The van der Waals surface area contributed by atoms with Gasteiger partial charge in [0, 0.05) is 0 Å². The van der Waals surface area contributed by atoms with Gasteiger partial charge in [-0.3, -0.25) is 4.79 Å². The molecule has 0 spiro atoms. The van der Waals surface area contributed by atoms with Gasteiger partial charge in [0.05, 0.1) is 0 Å². The lowest BCUT2D eigenvalue weighted by Crippen LogP contribution is -2.39. The predicted molar refractivity (Wildman–Crippen MR) is 67.6 cm³/mol. The van der Waals surface area contributed by atoms with Crippen molar-refractivity contribution in [2.45, 2.75) is 58.6 Å². The van der Waals surface area contributed by atoms with E-state index in [1.54, 1.807) is 0 Å². The fourth-order valence-electron chi connectivity index (χ4n) is 2.99. The van der Waals surface area contributed by atoms with Crippen LogP contribution in [-0.2, 0) is 9.53 Å². The van der Waals surface area contributed by atoms with Crippen molar-refractivity contribution in [2.75, 3.05) is 6.54 Å². The Labute approximate surface area is 104 Å².